The van der Waals surface area contributed by atoms with Crippen molar-refractivity contribution >= 4 is 37.6 Å². The van der Waals surface area contributed by atoms with Crippen molar-refractivity contribution in [2.45, 2.75) is 112 Å². The molecule has 11 heteroatoms. The number of allylic oxidation sites excluding steroid dienone is 1. The first-order valence-electron chi connectivity index (χ1n) is 17.8. The predicted molar refractivity (Wildman–Crippen MR) is 200 cm³/mol. The molecule has 2 bridgehead atoms. The summed E-state index contributed by atoms with van der Waals surface area (Å²) < 4.78 is 24.2. The molecule has 2 unspecified atom stereocenters. The van der Waals surface area contributed by atoms with Crippen LogP contribution < -0.4 is 10.6 Å². The van der Waals surface area contributed by atoms with Crippen molar-refractivity contribution in [1.29, 1.82) is 0 Å². The molecule has 6 rings (SSSR count). The highest BCUT2D eigenvalue weighted by atomic mass is 35.5. The highest BCUT2D eigenvalue weighted by Gasteiger charge is 2.62. The predicted octanol–water partition coefficient (Wildman–Crippen LogP) is 7.42. The van der Waals surface area contributed by atoms with E-state index in [-0.39, 0.29) is 29.3 Å². The number of methoxy groups -OCH3 is 1. The molecule has 0 spiro atoms. The third-order valence-electron chi connectivity index (χ3n) is 11.3. The first kappa shape index (κ1) is 36.8. The average molecular weight is 722 g/mol. The van der Waals surface area contributed by atoms with Gasteiger partial charge in [0.2, 0.25) is 5.91 Å². The van der Waals surface area contributed by atoms with Crippen molar-refractivity contribution in [3.8, 4) is 11.1 Å². The standard InChI is InChI=1S/C39H52ClN3O6Si/c1-38(2,3)50(6,7)47-24-39(46-5)19-18-29(40)31(23-39)41-34(44)15-11-12-25-16-17-28(26-13-9-8-10-14-26)30(20-25)42-37(45)48-27-21-32-35-36(49-35)33(22-27)43(32)4/h8-10,13-14,16-20,23,27,29,32-33,35-36H,11-12,15,21-22,24H2,1-7H3,(H,41,44)(H,42,45)/t27-,29?,32-,33+,35-,36+,39?. The van der Waals surface area contributed by atoms with Crippen LogP contribution in [-0.4, -0.2) is 87.4 Å². The van der Waals surface area contributed by atoms with E-state index in [2.05, 4.69) is 62.5 Å². The topological polar surface area (TPSA) is 102 Å². The number of hydrogen-bond acceptors (Lipinski definition) is 7. The van der Waals surface area contributed by atoms with Crippen LogP contribution in [-0.2, 0) is 29.9 Å². The quantitative estimate of drug-likeness (QED) is 0.102. The van der Waals surface area contributed by atoms with Crippen molar-refractivity contribution in [3.63, 3.8) is 0 Å². The van der Waals surface area contributed by atoms with E-state index in [1.165, 1.54) is 0 Å². The molecule has 3 saturated heterocycles. The molecule has 0 radical (unpaired) electrons. The second kappa shape index (κ2) is 14.6. The van der Waals surface area contributed by atoms with Crippen LogP contribution in [0.15, 0.2) is 72.5 Å². The Morgan fingerprint density at radius 3 is 2.42 bits per heavy atom. The number of hydrogen-bond donors (Lipinski definition) is 2. The number of epoxide rings is 1. The number of nitrogens with one attached hydrogen (secondary N) is 2. The summed E-state index contributed by atoms with van der Waals surface area (Å²) in [6.07, 6.45) is 8.75. The van der Waals surface area contributed by atoms with Crippen LogP contribution in [0.25, 0.3) is 11.1 Å². The van der Waals surface area contributed by atoms with Gasteiger partial charge in [-0.1, -0.05) is 69.3 Å². The number of amides is 2. The third-order valence-corrected chi connectivity index (χ3v) is 16.2. The Kier molecular flexibility index (Phi) is 10.7. The molecule has 3 heterocycles. The van der Waals surface area contributed by atoms with E-state index in [1.807, 2.05) is 60.7 Å². The van der Waals surface area contributed by atoms with Gasteiger partial charge in [-0.3, -0.25) is 15.0 Å². The number of anilines is 1. The van der Waals surface area contributed by atoms with Crippen molar-refractivity contribution in [1.82, 2.24) is 10.2 Å². The number of carbonyl (C=O) groups excluding carboxylic acids is 2. The van der Waals surface area contributed by atoms with Crippen molar-refractivity contribution < 1.29 is 28.2 Å². The van der Waals surface area contributed by atoms with E-state index >= 15 is 0 Å². The zero-order valence-corrected chi connectivity index (χ0v) is 32.1. The molecular formula is C39H52ClN3O6Si. The number of ether oxygens (including phenoxy) is 3. The molecule has 9 nitrogen and oxygen atoms in total. The van der Waals surface area contributed by atoms with Gasteiger partial charge in [0.05, 0.1) is 17.7 Å². The molecule has 1 aliphatic carbocycles. The molecule has 4 aliphatic rings. The Balaban J connectivity index is 1.06. The number of fused-ring (bicyclic) bond motifs is 5. The van der Waals surface area contributed by atoms with Crippen molar-refractivity contribution in [2.75, 3.05) is 26.1 Å². The molecular weight excluding hydrogens is 670 g/mol. The summed E-state index contributed by atoms with van der Waals surface area (Å²) in [5, 5.41) is 5.66. The van der Waals surface area contributed by atoms with Crippen LogP contribution in [0.1, 0.15) is 52.0 Å². The summed E-state index contributed by atoms with van der Waals surface area (Å²) in [6.45, 7) is 11.4. The van der Waals surface area contributed by atoms with E-state index in [9.17, 15) is 9.59 Å². The molecule has 2 N–H and O–H groups in total. The Morgan fingerprint density at radius 1 is 1.06 bits per heavy atom. The molecule has 2 aromatic carbocycles. The highest BCUT2D eigenvalue weighted by molar-refractivity contribution is 6.74. The summed E-state index contributed by atoms with van der Waals surface area (Å²) in [5.41, 5.74) is 3.39. The zero-order chi connectivity index (χ0) is 35.8. The van der Waals surface area contributed by atoms with Crippen LogP contribution in [0, 0.1) is 0 Å². The lowest BCUT2D eigenvalue weighted by Crippen LogP contribution is -2.48. The van der Waals surface area contributed by atoms with Gasteiger partial charge in [-0.25, -0.2) is 4.79 Å². The second-order valence-corrected chi connectivity index (χ2v) is 21.0. The van der Waals surface area contributed by atoms with Gasteiger partial charge in [-0.2, -0.15) is 0 Å². The lowest BCUT2D eigenvalue weighted by molar-refractivity contribution is -0.120. The smallest absolute Gasteiger partial charge is 0.411 e. The molecule has 270 valence electrons. The normalized spacial score (nSPS) is 28.8. The number of carbonyl (C=O) groups is 2. The Bertz CT molecular complexity index is 1610. The maximum atomic E-state index is 13.2. The van der Waals surface area contributed by atoms with E-state index in [0.29, 0.717) is 49.3 Å². The first-order valence-corrected chi connectivity index (χ1v) is 21.1. The molecule has 0 saturated carbocycles. The molecule has 3 aliphatic heterocycles. The fraction of sp³-hybridized carbons (Fsp3) is 0.538. The second-order valence-electron chi connectivity index (χ2n) is 15.7. The summed E-state index contributed by atoms with van der Waals surface area (Å²) >= 11 is 6.61. The molecule has 2 aromatic rings. The minimum atomic E-state index is -2.03. The Hall–Kier alpha value is -2.99. The number of morpholine rings is 1. The lowest BCUT2D eigenvalue weighted by atomic mass is 9.96. The first-order chi connectivity index (χ1) is 23.7. The third kappa shape index (κ3) is 8.06. The van der Waals surface area contributed by atoms with Crippen LogP contribution in [0.2, 0.25) is 18.1 Å². The molecule has 7 atom stereocenters. The van der Waals surface area contributed by atoms with Gasteiger partial charge in [0.1, 0.15) is 23.9 Å². The van der Waals surface area contributed by atoms with Crippen LogP contribution in [0.3, 0.4) is 0 Å². The zero-order valence-electron chi connectivity index (χ0n) is 30.3. The maximum Gasteiger partial charge on any atom is 0.411 e. The fourth-order valence-corrected chi connectivity index (χ4v) is 8.33. The minimum absolute atomic E-state index is 0.0562. The number of nitrogens with zero attached hydrogens (tertiary/aromatic N) is 1. The van der Waals surface area contributed by atoms with Crippen molar-refractivity contribution in [3.05, 3.63) is 78.0 Å². The summed E-state index contributed by atoms with van der Waals surface area (Å²) in [4.78, 5) is 28.8. The molecule has 0 aromatic heterocycles. The number of benzene rings is 2. The summed E-state index contributed by atoms with van der Waals surface area (Å²) in [5.74, 6) is -0.120. The molecule has 50 heavy (non-hydrogen) atoms. The van der Waals surface area contributed by atoms with Crippen LogP contribution in [0.5, 0.6) is 0 Å². The van der Waals surface area contributed by atoms with Gasteiger partial charge in [0.15, 0.2) is 8.32 Å². The van der Waals surface area contributed by atoms with Crippen LogP contribution >= 0.6 is 11.6 Å². The molecule has 3 fully saturated rings. The monoisotopic (exact) mass is 721 g/mol. The van der Waals surface area contributed by atoms with Gasteiger partial charge in [0.25, 0.3) is 0 Å². The number of halogens is 1. The van der Waals surface area contributed by atoms with E-state index in [0.717, 1.165) is 29.5 Å². The number of rotatable bonds is 12. The highest BCUT2D eigenvalue weighted by Crippen LogP contribution is 2.48. The Labute approximate surface area is 302 Å². The van der Waals surface area contributed by atoms with Gasteiger partial charge in [0, 0.05) is 49.7 Å². The SMILES string of the molecule is COC1(CO[Si](C)(C)C(C)(C)C)C=CC(Cl)C(NC(=O)CCCc2ccc(-c3ccccc3)c(NC(=O)O[C@@H]3C[C@@H]4[C@H]5O[C@H]5[C@H](C3)N4C)c2)=C1. The number of piperidine rings is 1. The minimum Gasteiger partial charge on any atom is -0.446 e. The van der Waals surface area contributed by atoms with Crippen LogP contribution in [0.4, 0.5) is 10.5 Å². The summed E-state index contributed by atoms with van der Waals surface area (Å²) in [6, 6.07) is 16.6. The van der Waals surface area contributed by atoms with E-state index in [1.54, 1.807) is 7.11 Å². The molecule has 2 amide bonds. The van der Waals surface area contributed by atoms with E-state index < -0.39 is 25.4 Å². The average Bonchev–Trinajstić information content (AvgIpc) is 3.84. The Morgan fingerprint density at radius 2 is 1.76 bits per heavy atom. The van der Waals surface area contributed by atoms with Gasteiger partial charge < -0.3 is 24.0 Å². The fourth-order valence-electron chi connectivity index (χ4n) is 7.12. The van der Waals surface area contributed by atoms with Gasteiger partial charge >= 0.3 is 6.09 Å². The van der Waals surface area contributed by atoms with Gasteiger partial charge in [-0.05, 0) is 67.4 Å². The van der Waals surface area contributed by atoms with Gasteiger partial charge in [-0.15, -0.1) is 11.6 Å². The van der Waals surface area contributed by atoms with Crippen molar-refractivity contribution in [2.24, 2.45) is 0 Å². The largest absolute Gasteiger partial charge is 0.446 e. The summed E-state index contributed by atoms with van der Waals surface area (Å²) in [7, 11) is 1.76. The maximum absolute atomic E-state index is 13.2. The number of aryl methyl sites for hydroxylation is 1. The lowest BCUT2D eigenvalue weighted by Gasteiger charge is -2.40. The number of alkyl halides is 1. The van der Waals surface area contributed by atoms with E-state index in [4.69, 9.17) is 30.2 Å². The number of likely N-dealkylation sites (N-methyl/N-ethyl adjacent to an activating group) is 1.